The number of fused-ring (bicyclic) bond motifs is 1. The maximum Gasteiger partial charge on any atom is 0.254 e. The van der Waals surface area contributed by atoms with Crippen molar-refractivity contribution < 1.29 is 4.79 Å². The third-order valence-electron chi connectivity index (χ3n) is 5.57. The van der Waals surface area contributed by atoms with Crippen molar-refractivity contribution in [2.45, 2.75) is 51.5 Å². The van der Waals surface area contributed by atoms with Gasteiger partial charge in [-0.2, -0.15) is 0 Å². The molecular formula is C21H29Cl2N3O. The zero-order chi connectivity index (χ0) is 17.6. The molecule has 1 aliphatic heterocycles. The predicted molar refractivity (Wildman–Crippen MR) is 116 cm³/mol. The normalized spacial score (nSPS) is 18.9. The fourth-order valence-corrected chi connectivity index (χ4v) is 4.17. The van der Waals surface area contributed by atoms with E-state index in [1.54, 1.807) is 0 Å². The monoisotopic (exact) mass is 409 g/mol. The summed E-state index contributed by atoms with van der Waals surface area (Å²) in [5, 5.41) is 4.25. The molecule has 2 aliphatic rings. The number of hydrogen-bond donors (Lipinski definition) is 1. The number of aromatic nitrogens is 1. The molecule has 1 atom stereocenters. The number of hydrogen-bond acceptors (Lipinski definition) is 3. The maximum atomic E-state index is 13.4. The van der Waals surface area contributed by atoms with Crippen LogP contribution in [0.15, 0.2) is 18.2 Å². The van der Waals surface area contributed by atoms with Crippen LogP contribution in [0.2, 0.25) is 0 Å². The number of nitrogens with zero attached hydrogens (tertiary/aromatic N) is 2. The van der Waals surface area contributed by atoms with Crippen molar-refractivity contribution in [2.24, 2.45) is 0 Å². The summed E-state index contributed by atoms with van der Waals surface area (Å²) in [6.07, 6.45) is 4.57. The maximum absolute atomic E-state index is 13.4. The Bertz CT molecular complexity index is 836. The molecule has 6 heteroatoms. The molecule has 1 saturated heterocycles. The van der Waals surface area contributed by atoms with Gasteiger partial charge < -0.3 is 10.2 Å². The van der Waals surface area contributed by atoms with E-state index in [9.17, 15) is 4.79 Å². The summed E-state index contributed by atoms with van der Waals surface area (Å²) in [5.41, 5.74) is 5.31. The molecule has 1 aromatic heterocycles. The van der Waals surface area contributed by atoms with Crippen LogP contribution in [0, 0.1) is 13.8 Å². The molecular weight excluding hydrogens is 381 g/mol. The Morgan fingerprint density at radius 2 is 1.93 bits per heavy atom. The van der Waals surface area contributed by atoms with Gasteiger partial charge in [0.1, 0.15) is 0 Å². The summed E-state index contributed by atoms with van der Waals surface area (Å²) in [5.74, 6) is 0.723. The molecule has 1 N–H and O–H groups in total. The Hall–Kier alpha value is -1.36. The lowest BCUT2D eigenvalue weighted by atomic mass is 9.99. The number of amides is 1. The van der Waals surface area contributed by atoms with Gasteiger partial charge >= 0.3 is 0 Å². The lowest BCUT2D eigenvalue weighted by molar-refractivity contribution is 0.0739. The molecule has 2 heterocycles. The van der Waals surface area contributed by atoms with Crippen molar-refractivity contribution in [3.05, 3.63) is 40.6 Å². The molecule has 27 heavy (non-hydrogen) atoms. The van der Waals surface area contributed by atoms with E-state index in [4.69, 9.17) is 4.98 Å². The quantitative estimate of drug-likeness (QED) is 0.813. The molecule has 2 aromatic rings. The summed E-state index contributed by atoms with van der Waals surface area (Å²) in [7, 11) is 1.96. The largest absolute Gasteiger partial charge is 0.334 e. The third-order valence-corrected chi connectivity index (χ3v) is 5.57. The summed E-state index contributed by atoms with van der Waals surface area (Å²) >= 11 is 0. The molecule has 0 radical (unpaired) electrons. The van der Waals surface area contributed by atoms with Gasteiger partial charge in [-0.15, -0.1) is 24.8 Å². The lowest BCUT2D eigenvalue weighted by Gasteiger charge is -2.25. The van der Waals surface area contributed by atoms with E-state index < -0.39 is 0 Å². The minimum absolute atomic E-state index is 0. The van der Waals surface area contributed by atoms with Crippen LogP contribution in [-0.4, -0.2) is 42.0 Å². The van der Waals surface area contributed by atoms with Crippen LogP contribution in [-0.2, 0) is 0 Å². The number of aryl methyl sites for hydroxylation is 2. The fourth-order valence-electron chi connectivity index (χ4n) is 4.17. The van der Waals surface area contributed by atoms with Gasteiger partial charge in [0.15, 0.2) is 0 Å². The lowest BCUT2D eigenvalue weighted by Crippen LogP contribution is -2.41. The van der Waals surface area contributed by atoms with Crippen LogP contribution in [0.1, 0.15) is 58.8 Å². The summed E-state index contributed by atoms with van der Waals surface area (Å²) < 4.78 is 0. The average Bonchev–Trinajstić information content (AvgIpc) is 3.33. The average molecular weight is 410 g/mol. The first-order valence-electron chi connectivity index (χ1n) is 9.46. The summed E-state index contributed by atoms with van der Waals surface area (Å²) in [6.45, 7) is 5.92. The minimum atomic E-state index is 0. The molecule has 4 nitrogen and oxygen atoms in total. The van der Waals surface area contributed by atoms with Crippen molar-refractivity contribution in [1.82, 2.24) is 15.2 Å². The number of likely N-dealkylation sites (tertiary alicyclic amines) is 1. The van der Waals surface area contributed by atoms with Gasteiger partial charge in [-0.1, -0.05) is 11.6 Å². The van der Waals surface area contributed by atoms with Crippen LogP contribution in [0.4, 0.5) is 0 Å². The van der Waals surface area contributed by atoms with E-state index in [1.807, 2.05) is 7.05 Å². The number of rotatable bonds is 4. The fraction of sp³-hybridized carbons (Fsp3) is 0.524. The van der Waals surface area contributed by atoms with Crippen molar-refractivity contribution in [3.63, 3.8) is 0 Å². The minimum Gasteiger partial charge on any atom is -0.334 e. The molecule has 0 spiro atoms. The molecule has 0 bridgehead atoms. The predicted octanol–water partition coefficient (Wildman–Crippen LogP) is 4.40. The number of pyridine rings is 1. The number of halogens is 2. The summed E-state index contributed by atoms with van der Waals surface area (Å²) in [4.78, 5) is 20.4. The van der Waals surface area contributed by atoms with Gasteiger partial charge in [0.25, 0.3) is 5.91 Å². The van der Waals surface area contributed by atoms with Crippen LogP contribution >= 0.6 is 24.8 Å². The van der Waals surface area contributed by atoms with E-state index in [0.717, 1.165) is 48.1 Å². The van der Waals surface area contributed by atoms with Crippen molar-refractivity contribution >= 4 is 41.6 Å². The standard InChI is InChI=1S/C21H27N3O.2ClH/c1-13-9-14(2)20-17(10-13)18(11-19(23-20)15-6-7-15)21(25)24-8-4-5-16(24)12-22-3;;/h9-11,15-16,22H,4-8,12H2,1-3H3;2*1H. The van der Waals surface area contributed by atoms with Crippen LogP contribution < -0.4 is 5.32 Å². The Balaban J connectivity index is 0.00000131. The number of nitrogens with one attached hydrogen (secondary N) is 1. The number of benzene rings is 1. The molecule has 148 valence electrons. The third kappa shape index (κ3) is 4.23. The van der Waals surface area contributed by atoms with Gasteiger partial charge in [-0.3, -0.25) is 9.78 Å². The second-order valence-electron chi connectivity index (χ2n) is 7.70. The highest BCUT2D eigenvalue weighted by atomic mass is 35.5. The van der Waals surface area contributed by atoms with Crippen molar-refractivity contribution in [3.8, 4) is 0 Å². The Morgan fingerprint density at radius 3 is 2.59 bits per heavy atom. The van der Waals surface area contributed by atoms with E-state index in [0.29, 0.717) is 12.0 Å². The van der Waals surface area contributed by atoms with E-state index in [-0.39, 0.29) is 30.7 Å². The summed E-state index contributed by atoms with van der Waals surface area (Å²) in [6, 6.07) is 6.68. The van der Waals surface area contributed by atoms with Crippen LogP contribution in [0.5, 0.6) is 0 Å². The first kappa shape index (κ1) is 21.9. The molecule has 2 fully saturated rings. The molecule has 1 amide bonds. The van der Waals surface area contributed by atoms with Gasteiger partial charge in [0.2, 0.25) is 0 Å². The molecule has 1 unspecified atom stereocenters. The van der Waals surface area contributed by atoms with Crippen LogP contribution in [0.25, 0.3) is 10.9 Å². The first-order valence-corrected chi connectivity index (χ1v) is 9.46. The van der Waals surface area contributed by atoms with Gasteiger partial charge in [0, 0.05) is 36.1 Å². The van der Waals surface area contributed by atoms with Gasteiger partial charge in [-0.25, -0.2) is 0 Å². The number of carbonyl (C=O) groups is 1. The van der Waals surface area contributed by atoms with Gasteiger partial charge in [0.05, 0.1) is 11.1 Å². The van der Waals surface area contributed by atoms with E-state index in [1.165, 1.54) is 24.0 Å². The molecule has 1 aromatic carbocycles. The van der Waals surface area contributed by atoms with E-state index in [2.05, 4.69) is 42.3 Å². The SMILES string of the molecule is CNCC1CCCN1C(=O)c1cc(C2CC2)nc2c(C)cc(C)cc12.Cl.Cl. The highest BCUT2D eigenvalue weighted by molar-refractivity contribution is 6.07. The molecule has 4 rings (SSSR count). The van der Waals surface area contributed by atoms with Gasteiger partial charge in [-0.05, 0) is 64.3 Å². The van der Waals surface area contributed by atoms with Crippen LogP contribution in [0.3, 0.4) is 0 Å². The second kappa shape index (κ2) is 8.76. The molecule has 1 saturated carbocycles. The highest BCUT2D eigenvalue weighted by Crippen LogP contribution is 2.41. The Labute approximate surface area is 173 Å². The molecule has 1 aliphatic carbocycles. The Morgan fingerprint density at radius 1 is 1.19 bits per heavy atom. The first-order chi connectivity index (χ1) is 12.1. The van der Waals surface area contributed by atoms with Crippen molar-refractivity contribution in [1.29, 1.82) is 0 Å². The highest BCUT2D eigenvalue weighted by Gasteiger charge is 2.32. The number of likely N-dealkylation sites (N-methyl/N-ethyl adjacent to an activating group) is 1. The zero-order valence-electron chi connectivity index (χ0n) is 16.2. The number of carbonyl (C=O) groups excluding carboxylic acids is 1. The van der Waals surface area contributed by atoms with E-state index >= 15 is 0 Å². The Kier molecular flexibility index (Phi) is 7.12. The second-order valence-corrected chi connectivity index (χ2v) is 7.70. The van der Waals surface area contributed by atoms with Crippen molar-refractivity contribution in [2.75, 3.05) is 20.1 Å². The topological polar surface area (TPSA) is 45.2 Å². The zero-order valence-corrected chi connectivity index (χ0v) is 17.9. The smallest absolute Gasteiger partial charge is 0.254 e.